The van der Waals surface area contributed by atoms with Gasteiger partial charge in [-0.1, -0.05) is 12.0 Å². The normalized spacial score (nSPS) is 13.9. The molecule has 0 fully saturated rings. The largest absolute Gasteiger partial charge is 0.378 e. The molecule has 0 radical (unpaired) electrons. The van der Waals surface area contributed by atoms with E-state index in [0.29, 0.717) is 0 Å². The minimum atomic E-state index is 0.731. The molecule has 0 spiro atoms. The highest BCUT2D eigenvalue weighted by Crippen LogP contribution is 2.17. The van der Waals surface area contributed by atoms with E-state index in [1.54, 1.807) is 0 Å². The minimum absolute atomic E-state index is 0.731. The Bertz CT molecular complexity index is 455. The molecule has 1 aliphatic rings. The SMILES string of the molecule is C#Cc1cccc(NCC2=NCCN2)c1C. The first-order valence-electron chi connectivity index (χ1n) is 5.38. The van der Waals surface area contributed by atoms with E-state index in [2.05, 4.69) is 21.5 Å². The molecular weight excluding hydrogens is 198 g/mol. The fourth-order valence-electron chi connectivity index (χ4n) is 1.73. The summed E-state index contributed by atoms with van der Waals surface area (Å²) in [6, 6.07) is 5.95. The number of terminal acetylenes is 1. The zero-order chi connectivity index (χ0) is 11.4. The van der Waals surface area contributed by atoms with Crippen LogP contribution in [0.4, 0.5) is 5.69 Å². The van der Waals surface area contributed by atoms with Gasteiger partial charge in [0.15, 0.2) is 0 Å². The van der Waals surface area contributed by atoms with E-state index in [1.807, 2.05) is 25.1 Å². The fraction of sp³-hybridized carbons (Fsp3) is 0.308. The average molecular weight is 213 g/mol. The van der Waals surface area contributed by atoms with Gasteiger partial charge in [0.05, 0.1) is 13.1 Å². The molecule has 3 heteroatoms. The smallest absolute Gasteiger partial charge is 0.116 e. The number of amidine groups is 1. The summed E-state index contributed by atoms with van der Waals surface area (Å²) < 4.78 is 0. The number of hydrogen-bond donors (Lipinski definition) is 2. The number of aliphatic imine (C=N–C) groups is 1. The standard InChI is InChI=1S/C13H15N3/c1-3-11-5-4-6-12(10(11)2)16-9-13-14-7-8-15-13/h1,4-6,16H,7-9H2,2H3,(H,14,15). The summed E-state index contributed by atoms with van der Waals surface area (Å²) in [7, 11) is 0. The van der Waals surface area contributed by atoms with Gasteiger partial charge in [0, 0.05) is 17.8 Å². The van der Waals surface area contributed by atoms with Crippen molar-refractivity contribution in [3.63, 3.8) is 0 Å². The highest BCUT2D eigenvalue weighted by atomic mass is 15.1. The lowest BCUT2D eigenvalue weighted by Gasteiger charge is -2.10. The highest BCUT2D eigenvalue weighted by Gasteiger charge is 2.06. The van der Waals surface area contributed by atoms with Gasteiger partial charge in [-0.3, -0.25) is 4.99 Å². The van der Waals surface area contributed by atoms with Crippen LogP contribution >= 0.6 is 0 Å². The van der Waals surface area contributed by atoms with Crippen molar-refractivity contribution in [2.75, 3.05) is 25.0 Å². The predicted molar refractivity (Wildman–Crippen MR) is 67.9 cm³/mol. The van der Waals surface area contributed by atoms with Crippen molar-refractivity contribution in [1.82, 2.24) is 5.32 Å². The highest BCUT2D eigenvalue weighted by molar-refractivity contribution is 5.87. The van der Waals surface area contributed by atoms with Crippen molar-refractivity contribution in [3.8, 4) is 12.3 Å². The number of hydrogen-bond acceptors (Lipinski definition) is 3. The molecule has 1 aliphatic heterocycles. The van der Waals surface area contributed by atoms with E-state index in [4.69, 9.17) is 6.42 Å². The molecule has 0 saturated carbocycles. The first kappa shape index (κ1) is 10.6. The van der Waals surface area contributed by atoms with Crippen molar-refractivity contribution >= 4 is 11.5 Å². The van der Waals surface area contributed by atoms with E-state index >= 15 is 0 Å². The Morgan fingerprint density at radius 3 is 3.12 bits per heavy atom. The van der Waals surface area contributed by atoms with Crippen LogP contribution in [0, 0.1) is 19.3 Å². The van der Waals surface area contributed by atoms with Gasteiger partial charge in [-0.25, -0.2) is 0 Å². The van der Waals surface area contributed by atoms with Crippen LogP contribution in [0.25, 0.3) is 0 Å². The second-order valence-corrected chi connectivity index (χ2v) is 3.73. The molecule has 0 atom stereocenters. The molecule has 2 N–H and O–H groups in total. The molecule has 3 nitrogen and oxygen atoms in total. The Labute approximate surface area is 96.0 Å². The quantitative estimate of drug-likeness (QED) is 0.744. The van der Waals surface area contributed by atoms with Crippen LogP contribution in [0.5, 0.6) is 0 Å². The molecule has 1 aromatic rings. The van der Waals surface area contributed by atoms with E-state index in [1.165, 1.54) is 0 Å². The van der Waals surface area contributed by atoms with Gasteiger partial charge in [0.2, 0.25) is 0 Å². The Balaban J connectivity index is 2.07. The van der Waals surface area contributed by atoms with Crippen molar-refractivity contribution in [2.24, 2.45) is 4.99 Å². The molecule has 1 heterocycles. The van der Waals surface area contributed by atoms with Crippen molar-refractivity contribution in [3.05, 3.63) is 29.3 Å². The predicted octanol–water partition coefficient (Wildman–Crippen LogP) is 1.39. The maximum absolute atomic E-state index is 5.42. The first-order chi connectivity index (χ1) is 7.81. The number of anilines is 1. The monoisotopic (exact) mass is 213 g/mol. The molecule has 2 rings (SSSR count). The van der Waals surface area contributed by atoms with Gasteiger partial charge in [0.25, 0.3) is 0 Å². The summed E-state index contributed by atoms with van der Waals surface area (Å²) in [6.07, 6.45) is 5.42. The number of benzene rings is 1. The van der Waals surface area contributed by atoms with Crippen LogP contribution in [0.15, 0.2) is 23.2 Å². The summed E-state index contributed by atoms with van der Waals surface area (Å²) in [4.78, 5) is 4.33. The topological polar surface area (TPSA) is 36.4 Å². The summed E-state index contributed by atoms with van der Waals surface area (Å²) in [5.41, 5.74) is 3.13. The van der Waals surface area contributed by atoms with Gasteiger partial charge in [-0.05, 0) is 24.6 Å². The van der Waals surface area contributed by atoms with Crippen LogP contribution in [0.1, 0.15) is 11.1 Å². The average Bonchev–Trinajstić information content (AvgIpc) is 2.81. The molecule has 0 aromatic heterocycles. The van der Waals surface area contributed by atoms with E-state index in [0.717, 1.165) is 42.3 Å². The Hall–Kier alpha value is -1.95. The number of nitrogens with one attached hydrogen (secondary N) is 2. The Morgan fingerprint density at radius 1 is 1.56 bits per heavy atom. The Kier molecular flexibility index (Phi) is 3.11. The summed E-state index contributed by atoms with van der Waals surface area (Å²) in [5, 5.41) is 6.56. The zero-order valence-electron chi connectivity index (χ0n) is 9.38. The van der Waals surface area contributed by atoms with Gasteiger partial charge in [-0.2, -0.15) is 0 Å². The van der Waals surface area contributed by atoms with Gasteiger partial charge in [-0.15, -0.1) is 6.42 Å². The maximum atomic E-state index is 5.42. The van der Waals surface area contributed by atoms with Crippen LogP contribution in [-0.4, -0.2) is 25.5 Å². The number of rotatable bonds is 3. The third-order valence-electron chi connectivity index (χ3n) is 2.68. The molecule has 16 heavy (non-hydrogen) atoms. The summed E-state index contributed by atoms with van der Waals surface area (Å²) >= 11 is 0. The molecule has 0 bridgehead atoms. The summed E-state index contributed by atoms with van der Waals surface area (Å²) in [6.45, 7) is 4.58. The molecule has 82 valence electrons. The maximum Gasteiger partial charge on any atom is 0.116 e. The van der Waals surface area contributed by atoms with Crippen LogP contribution in [0.2, 0.25) is 0 Å². The van der Waals surface area contributed by atoms with Gasteiger partial charge in [0.1, 0.15) is 5.84 Å². The zero-order valence-corrected chi connectivity index (χ0v) is 9.38. The molecule has 0 saturated heterocycles. The lowest BCUT2D eigenvalue weighted by molar-refractivity contribution is 0.956. The first-order valence-corrected chi connectivity index (χ1v) is 5.38. The molecule has 0 aliphatic carbocycles. The third-order valence-corrected chi connectivity index (χ3v) is 2.68. The molecule has 0 unspecified atom stereocenters. The third kappa shape index (κ3) is 2.17. The second kappa shape index (κ2) is 4.71. The lowest BCUT2D eigenvalue weighted by atomic mass is 10.1. The Morgan fingerprint density at radius 2 is 2.44 bits per heavy atom. The van der Waals surface area contributed by atoms with E-state index in [9.17, 15) is 0 Å². The van der Waals surface area contributed by atoms with E-state index in [-0.39, 0.29) is 0 Å². The lowest BCUT2D eigenvalue weighted by Crippen LogP contribution is -2.26. The van der Waals surface area contributed by atoms with Crippen molar-refractivity contribution in [1.29, 1.82) is 0 Å². The van der Waals surface area contributed by atoms with E-state index < -0.39 is 0 Å². The van der Waals surface area contributed by atoms with Crippen molar-refractivity contribution < 1.29 is 0 Å². The number of nitrogens with zero attached hydrogens (tertiary/aromatic N) is 1. The molecule has 1 aromatic carbocycles. The van der Waals surface area contributed by atoms with Crippen LogP contribution in [0.3, 0.4) is 0 Å². The fourth-order valence-corrected chi connectivity index (χ4v) is 1.73. The van der Waals surface area contributed by atoms with Crippen LogP contribution in [-0.2, 0) is 0 Å². The van der Waals surface area contributed by atoms with Crippen LogP contribution < -0.4 is 10.6 Å². The minimum Gasteiger partial charge on any atom is -0.378 e. The van der Waals surface area contributed by atoms with Gasteiger partial charge >= 0.3 is 0 Å². The van der Waals surface area contributed by atoms with Gasteiger partial charge < -0.3 is 10.6 Å². The molecule has 0 amide bonds. The second-order valence-electron chi connectivity index (χ2n) is 3.73. The van der Waals surface area contributed by atoms with Crippen molar-refractivity contribution in [2.45, 2.75) is 6.92 Å². The summed E-state index contributed by atoms with van der Waals surface area (Å²) in [5.74, 6) is 3.70. The molecular formula is C13H15N3.